The third kappa shape index (κ3) is 31.1. The average Bonchev–Trinajstić information content (AvgIpc) is 1.73. The van der Waals surface area contributed by atoms with E-state index in [2.05, 4.69) is 88.3 Å². The molecule has 1 unspecified atom stereocenters. The molecule has 0 amide bonds. The number of carbonyl (C=O) groups is 4. The molecule has 510 valence electrons. The molecular weight excluding hydrogens is 1250 g/mol. The Kier molecular flexibility index (Phi) is 40.4. The highest BCUT2D eigenvalue weighted by Crippen LogP contribution is 2.27. The highest BCUT2D eigenvalue weighted by atomic mass is 35.5. The number of methoxy groups -OCH3 is 2. The van der Waals surface area contributed by atoms with Gasteiger partial charge in [-0.05, 0) is 155 Å². The topological polar surface area (TPSA) is 233 Å². The fourth-order valence-corrected chi connectivity index (χ4v) is 9.55. The SMILES string of the molecule is C1CCC2=NCCCN2CC1.C=C(C)C(=O)Cl.C=C(C)C(=O)OCCCSCC(C)C(=O)OCCc1ccc(OCOC)c(-n2nc3ccccc3n2)c1.C=C(C)C(=O)OCCc1ccc(OCOC)c(-n2nc3ccccc3n2)c1.CCN(CC)CC.OCCCS. The number of esters is 3. The second-order valence-corrected chi connectivity index (χ2v) is 23.4. The maximum Gasteiger partial charge on any atom is 0.333 e. The molecule has 0 radical (unpaired) electrons. The first-order valence-corrected chi connectivity index (χ1v) is 33.6. The second kappa shape index (κ2) is 46.9. The monoisotopic (exact) mass is 1340 g/mol. The number of fused-ring (bicyclic) bond motifs is 3. The van der Waals surface area contributed by atoms with E-state index in [-0.39, 0.29) is 51.3 Å². The molecule has 2 aromatic heterocycles. The van der Waals surface area contributed by atoms with Crippen molar-refractivity contribution in [2.45, 2.75) is 106 Å². The fraction of sp³-hybridized carbons (Fsp3) is 0.493. The van der Waals surface area contributed by atoms with E-state index in [4.69, 9.17) is 49.9 Å². The molecule has 0 spiro atoms. The number of thioether (sulfide) groups is 1. The molecular formula is C69H98ClN9O12S2. The van der Waals surface area contributed by atoms with E-state index in [9.17, 15) is 19.2 Å². The largest absolute Gasteiger partial charge is 0.465 e. The molecule has 8 rings (SSSR count). The molecule has 0 saturated carbocycles. The van der Waals surface area contributed by atoms with E-state index in [1.165, 1.54) is 70.7 Å². The van der Waals surface area contributed by atoms with Crippen LogP contribution in [0.4, 0.5) is 0 Å². The van der Waals surface area contributed by atoms with Gasteiger partial charge in [-0.3, -0.25) is 14.6 Å². The summed E-state index contributed by atoms with van der Waals surface area (Å²) in [5.41, 5.74) is 7.57. The van der Waals surface area contributed by atoms with Gasteiger partial charge in [0.25, 0.3) is 0 Å². The van der Waals surface area contributed by atoms with Crippen molar-refractivity contribution < 1.29 is 57.4 Å². The van der Waals surface area contributed by atoms with Gasteiger partial charge in [0.2, 0.25) is 5.24 Å². The molecule has 4 heterocycles. The maximum atomic E-state index is 12.4. The third-order valence-corrected chi connectivity index (χ3v) is 15.6. The number of hydrogen-bond acceptors (Lipinski definition) is 21. The van der Waals surface area contributed by atoms with E-state index in [0.29, 0.717) is 64.8 Å². The van der Waals surface area contributed by atoms with Gasteiger partial charge in [0.1, 0.15) is 44.9 Å². The molecule has 93 heavy (non-hydrogen) atoms. The number of rotatable bonds is 29. The van der Waals surface area contributed by atoms with Gasteiger partial charge in [-0.1, -0.05) is 90.3 Å². The molecule has 2 aliphatic rings. The van der Waals surface area contributed by atoms with Crippen LogP contribution in [0.15, 0.2) is 126 Å². The molecule has 21 nitrogen and oxygen atoms in total. The van der Waals surface area contributed by atoms with Crippen molar-refractivity contribution in [3.05, 3.63) is 133 Å². The first-order chi connectivity index (χ1) is 44.8. The van der Waals surface area contributed by atoms with Crippen LogP contribution in [0.1, 0.15) is 105 Å². The number of hydrogen-bond donors (Lipinski definition) is 2. The van der Waals surface area contributed by atoms with Gasteiger partial charge in [-0.15, -0.1) is 30.0 Å². The second-order valence-electron chi connectivity index (χ2n) is 21.4. The Morgan fingerprint density at radius 1 is 0.656 bits per heavy atom. The lowest BCUT2D eigenvalue weighted by atomic mass is 10.1. The number of ether oxygens (including phenoxy) is 7. The van der Waals surface area contributed by atoms with Crippen LogP contribution >= 0.6 is 36.0 Å². The van der Waals surface area contributed by atoms with Crippen molar-refractivity contribution in [1.82, 2.24) is 39.8 Å². The molecule has 0 aliphatic carbocycles. The molecule has 1 saturated heterocycles. The minimum atomic E-state index is -0.463. The summed E-state index contributed by atoms with van der Waals surface area (Å²) in [5, 5.41) is 25.7. The molecule has 1 fully saturated rings. The van der Waals surface area contributed by atoms with Crippen LogP contribution in [0.5, 0.6) is 11.5 Å². The Labute approximate surface area is 564 Å². The summed E-state index contributed by atoms with van der Waals surface area (Å²) in [6.45, 7) is 32.1. The van der Waals surface area contributed by atoms with Crippen molar-refractivity contribution in [3.8, 4) is 22.9 Å². The van der Waals surface area contributed by atoms with Crippen molar-refractivity contribution in [2.24, 2.45) is 10.9 Å². The average molecular weight is 1350 g/mol. The number of benzene rings is 4. The molecule has 4 aromatic carbocycles. The van der Waals surface area contributed by atoms with E-state index in [1.54, 1.807) is 56.3 Å². The lowest BCUT2D eigenvalue weighted by Crippen LogP contribution is -2.34. The van der Waals surface area contributed by atoms with Gasteiger partial charge in [0.05, 0.1) is 31.6 Å². The standard InChI is InChI=1S/C27H33N3O6S.C20H21N3O4.C9H16N2.C6H15N.C4H5ClO.C3H8OS/c1-19(2)26(31)34-13-7-15-37-17-20(3)27(32)35-14-12-21-10-11-25(36-18-33-4)24(16-21)30-28-22-8-5-6-9-23(22)29-30;1-14(2)20(24)26-11-10-15-8-9-19(27-13-25-3)18(12-15)23-21-16-6-4-5-7-17(16)22-23;1-2-5-9-10-6-4-8-11(9)7-3-1;1-4-7(5-2)6-3;1-3(2)4(5)6;4-2-1-3-5/h5-6,8-11,16,20H,1,7,12-15,17-18H2,2-4H3;4-9,12H,1,10-11,13H2,2-3H3;1-8H2;4-6H2,1-3H3;1H2,2H3;4-5H,1-3H2. The zero-order chi connectivity index (χ0) is 68.3. The van der Waals surface area contributed by atoms with E-state index < -0.39 is 11.2 Å². The summed E-state index contributed by atoms with van der Waals surface area (Å²) in [6, 6.07) is 26.6. The van der Waals surface area contributed by atoms with Gasteiger partial charge < -0.3 is 48.1 Å². The number of aliphatic imine (C=N–C) groups is 1. The van der Waals surface area contributed by atoms with Gasteiger partial charge in [-0.2, -0.15) is 24.4 Å². The van der Waals surface area contributed by atoms with Crippen LogP contribution in [0.25, 0.3) is 33.4 Å². The van der Waals surface area contributed by atoms with Crippen LogP contribution in [0.3, 0.4) is 0 Å². The van der Waals surface area contributed by atoms with Gasteiger partial charge in [-0.25, -0.2) is 9.59 Å². The predicted octanol–water partition coefficient (Wildman–Crippen LogP) is 12.1. The Bertz CT molecular complexity index is 3180. The van der Waals surface area contributed by atoms with Gasteiger partial charge >= 0.3 is 17.9 Å². The van der Waals surface area contributed by atoms with Crippen LogP contribution in [-0.4, -0.2) is 185 Å². The van der Waals surface area contributed by atoms with Crippen LogP contribution < -0.4 is 9.47 Å². The summed E-state index contributed by atoms with van der Waals surface area (Å²) < 4.78 is 37.2. The molecule has 2 aliphatic heterocycles. The summed E-state index contributed by atoms with van der Waals surface area (Å²) in [4.78, 5) is 57.6. The maximum absolute atomic E-state index is 12.4. The number of allylic oxidation sites excluding steroid dienone is 1. The number of nitrogens with zero attached hydrogens (tertiary/aromatic N) is 9. The van der Waals surface area contributed by atoms with E-state index >= 15 is 0 Å². The zero-order valence-corrected chi connectivity index (χ0v) is 58.4. The Morgan fingerprint density at radius 3 is 1.53 bits per heavy atom. The van der Waals surface area contributed by atoms with Gasteiger partial charge in [0.15, 0.2) is 13.6 Å². The van der Waals surface area contributed by atoms with Gasteiger partial charge in [0, 0.05) is 82.2 Å². The molecule has 24 heteroatoms. The number of thiol groups is 1. The van der Waals surface area contributed by atoms with E-state index in [0.717, 1.165) is 64.1 Å². The summed E-state index contributed by atoms with van der Waals surface area (Å²) >= 11 is 10.3. The molecule has 1 N–H and O–H groups in total. The number of carbonyl (C=O) groups excluding carboxylic acids is 4. The van der Waals surface area contributed by atoms with E-state index in [1.807, 2.05) is 91.9 Å². The Morgan fingerprint density at radius 2 is 1.12 bits per heavy atom. The van der Waals surface area contributed by atoms with Crippen LogP contribution in [0.2, 0.25) is 0 Å². The minimum Gasteiger partial charge on any atom is -0.465 e. The number of halogens is 1. The summed E-state index contributed by atoms with van der Waals surface area (Å²) in [6.07, 6.45) is 9.25. The zero-order valence-electron chi connectivity index (χ0n) is 55.9. The third-order valence-electron chi connectivity index (χ3n) is 13.7. The lowest BCUT2D eigenvalue weighted by Gasteiger charge is -2.27. The van der Waals surface area contributed by atoms with Crippen molar-refractivity contribution in [3.63, 3.8) is 0 Å². The fourth-order valence-electron chi connectivity index (χ4n) is 8.43. The number of aliphatic hydroxyl groups is 1. The minimum absolute atomic E-state index is 0.0975. The number of aliphatic hydroxyl groups excluding tert-OH is 1. The van der Waals surface area contributed by atoms with Crippen LogP contribution in [-0.2, 0) is 55.7 Å². The quantitative estimate of drug-likeness (QED) is 0.00845. The smallest absolute Gasteiger partial charge is 0.333 e. The highest BCUT2D eigenvalue weighted by Gasteiger charge is 2.19. The van der Waals surface area contributed by atoms with Crippen molar-refractivity contribution in [1.29, 1.82) is 0 Å². The summed E-state index contributed by atoms with van der Waals surface area (Å²) in [5.74, 6) is 3.56. The van der Waals surface area contributed by atoms with Crippen LogP contribution in [0, 0.1) is 5.92 Å². The highest BCUT2D eigenvalue weighted by molar-refractivity contribution is 7.99. The normalized spacial score (nSPS) is 12.5. The molecule has 0 bridgehead atoms. The summed E-state index contributed by atoms with van der Waals surface area (Å²) in [7, 11) is 3.12. The Balaban J connectivity index is 0.000000346. The Hall–Kier alpha value is -7.12. The van der Waals surface area contributed by atoms with Crippen molar-refractivity contribution in [2.75, 3.05) is 111 Å². The number of aromatic nitrogens is 6. The van der Waals surface area contributed by atoms with Crippen molar-refractivity contribution >= 4 is 87.0 Å². The first-order valence-electron chi connectivity index (χ1n) is 31.5. The molecule has 1 atom stereocenters. The molecule has 6 aromatic rings. The first kappa shape index (κ1) is 80.1. The number of amidine groups is 1. The predicted molar refractivity (Wildman–Crippen MR) is 375 cm³/mol. The lowest BCUT2D eigenvalue weighted by molar-refractivity contribution is -0.147.